The lowest BCUT2D eigenvalue weighted by molar-refractivity contribution is -0.384. The van der Waals surface area contributed by atoms with E-state index in [9.17, 15) is 14.9 Å². The Morgan fingerprint density at radius 1 is 1.03 bits per heavy atom. The molecule has 1 aliphatic rings. The van der Waals surface area contributed by atoms with Crippen molar-refractivity contribution in [3.8, 4) is 22.9 Å². The van der Waals surface area contributed by atoms with Crippen LogP contribution in [0, 0.1) is 10.1 Å². The Kier molecular flexibility index (Phi) is 5.65. The topological polar surface area (TPSA) is 119 Å². The van der Waals surface area contributed by atoms with Gasteiger partial charge in [0.05, 0.1) is 27.9 Å². The van der Waals surface area contributed by atoms with Crippen molar-refractivity contribution in [1.29, 1.82) is 0 Å². The van der Waals surface area contributed by atoms with E-state index >= 15 is 0 Å². The number of carbonyl (C=O) groups is 1. The van der Waals surface area contributed by atoms with E-state index in [2.05, 4.69) is 22.4 Å². The van der Waals surface area contributed by atoms with Crippen molar-refractivity contribution < 1.29 is 19.2 Å². The number of carbonyl (C=O) groups excluding carboxylic acids is 1. The van der Waals surface area contributed by atoms with Gasteiger partial charge >= 0.3 is 0 Å². The monoisotopic (exact) mass is 494 g/mol. The number of hydrogen-bond acceptors (Lipinski definition) is 6. The van der Waals surface area contributed by atoms with Crippen molar-refractivity contribution in [2.45, 2.75) is 19.3 Å². The molecule has 0 saturated heterocycles. The van der Waals surface area contributed by atoms with E-state index in [1.807, 2.05) is 48.5 Å². The third-order valence-corrected chi connectivity index (χ3v) is 6.46. The molecule has 3 heterocycles. The lowest BCUT2D eigenvalue weighted by atomic mass is 10.0. The Hall–Kier alpha value is -4.92. The number of amides is 1. The predicted molar refractivity (Wildman–Crippen MR) is 140 cm³/mol. The SMILES string of the molecule is O=C(CCCc1c(-c2ccc3ccccc3n2)[nH]c2ccccc12)Nc1cc2c(cc1[N+](=O)[O-])OCO2. The first-order chi connectivity index (χ1) is 18.1. The molecule has 0 aliphatic carbocycles. The van der Waals surface area contributed by atoms with Gasteiger partial charge in [-0.15, -0.1) is 0 Å². The molecule has 9 heteroatoms. The quantitative estimate of drug-likeness (QED) is 0.212. The number of aromatic amines is 1. The molecule has 0 bridgehead atoms. The summed E-state index contributed by atoms with van der Waals surface area (Å²) in [7, 11) is 0. The Bertz CT molecular complexity index is 1680. The molecule has 2 N–H and O–H groups in total. The van der Waals surface area contributed by atoms with Crippen molar-refractivity contribution in [1.82, 2.24) is 9.97 Å². The molecule has 3 aromatic carbocycles. The van der Waals surface area contributed by atoms with Crippen LogP contribution in [0.15, 0.2) is 72.8 Å². The van der Waals surface area contributed by atoms with Gasteiger partial charge in [-0.25, -0.2) is 4.98 Å². The molecule has 0 fully saturated rings. The van der Waals surface area contributed by atoms with Crippen LogP contribution in [0.4, 0.5) is 11.4 Å². The zero-order valence-corrected chi connectivity index (χ0v) is 19.7. The third kappa shape index (κ3) is 4.31. The van der Waals surface area contributed by atoms with Gasteiger partial charge in [0, 0.05) is 28.8 Å². The highest BCUT2D eigenvalue weighted by Gasteiger charge is 2.24. The number of hydrogen-bond donors (Lipinski definition) is 2. The van der Waals surface area contributed by atoms with E-state index in [1.54, 1.807) is 0 Å². The highest BCUT2D eigenvalue weighted by Crippen LogP contribution is 2.40. The third-order valence-electron chi connectivity index (χ3n) is 6.46. The van der Waals surface area contributed by atoms with E-state index in [-0.39, 0.29) is 30.5 Å². The number of aromatic nitrogens is 2. The Morgan fingerprint density at radius 2 is 1.81 bits per heavy atom. The molecule has 0 radical (unpaired) electrons. The summed E-state index contributed by atoms with van der Waals surface area (Å²) < 4.78 is 10.5. The minimum Gasteiger partial charge on any atom is -0.454 e. The molecular weight excluding hydrogens is 472 g/mol. The minimum atomic E-state index is -0.549. The number of fused-ring (bicyclic) bond motifs is 3. The van der Waals surface area contributed by atoms with E-state index in [0.717, 1.165) is 38.8 Å². The first-order valence-electron chi connectivity index (χ1n) is 11.9. The first-order valence-corrected chi connectivity index (χ1v) is 11.9. The second kappa shape index (κ2) is 9.27. The highest BCUT2D eigenvalue weighted by molar-refractivity contribution is 5.94. The number of nitro groups is 1. The van der Waals surface area contributed by atoms with Crippen LogP contribution < -0.4 is 14.8 Å². The Labute approximate surface area is 211 Å². The number of benzene rings is 3. The molecular formula is C28H22N4O5. The summed E-state index contributed by atoms with van der Waals surface area (Å²) in [6.07, 6.45) is 1.37. The number of nitrogens with zero attached hydrogens (tertiary/aromatic N) is 2. The maximum Gasteiger partial charge on any atom is 0.296 e. The van der Waals surface area contributed by atoms with Gasteiger partial charge in [0.15, 0.2) is 11.5 Å². The number of rotatable bonds is 7. The minimum absolute atomic E-state index is 0.0110. The zero-order chi connectivity index (χ0) is 25.4. The van der Waals surface area contributed by atoms with Crippen LogP contribution in [0.3, 0.4) is 0 Å². The van der Waals surface area contributed by atoms with Crippen molar-refractivity contribution in [2.24, 2.45) is 0 Å². The lowest BCUT2D eigenvalue weighted by Crippen LogP contribution is -2.13. The summed E-state index contributed by atoms with van der Waals surface area (Å²) in [6, 6.07) is 22.8. The molecule has 1 amide bonds. The number of anilines is 1. The summed E-state index contributed by atoms with van der Waals surface area (Å²) in [6.45, 7) is -0.0110. The molecule has 9 nitrogen and oxygen atoms in total. The molecule has 0 unspecified atom stereocenters. The molecule has 184 valence electrons. The van der Waals surface area contributed by atoms with Crippen LogP contribution in [0.2, 0.25) is 0 Å². The predicted octanol–water partition coefficient (Wildman–Crippen LogP) is 5.98. The average Bonchev–Trinajstić information content (AvgIpc) is 3.52. The molecule has 2 aromatic heterocycles. The van der Waals surface area contributed by atoms with Crippen molar-refractivity contribution in [2.75, 3.05) is 12.1 Å². The lowest BCUT2D eigenvalue weighted by Gasteiger charge is -2.08. The van der Waals surface area contributed by atoms with E-state index in [0.29, 0.717) is 24.3 Å². The Morgan fingerprint density at radius 3 is 2.68 bits per heavy atom. The normalized spacial score (nSPS) is 12.2. The number of para-hydroxylation sites is 2. The second-order valence-corrected chi connectivity index (χ2v) is 8.79. The summed E-state index contributed by atoms with van der Waals surface area (Å²) in [5.41, 5.74) is 4.62. The number of nitrogens with one attached hydrogen (secondary N) is 2. The Balaban J connectivity index is 1.22. The average molecular weight is 495 g/mol. The smallest absolute Gasteiger partial charge is 0.296 e. The van der Waals surface area contributed by atoms with Crippen LogP contribution in [0.5, 0.6) is 11.5 Å². The number of aryl methyl sites for hydroxylation is 1. The van der Waals surface area contributed by atoms with Crippen molar-refractivity contribution >= 4 is 39.1 Å². The fourth-order valence-corrected chi connectivity index (χ4v) is 4.70. The van der Waals surface area contributed by atoms with Gasteiger partial charge < -0.3 is 19.8 Å². The molecule has 37 heavy (non-hydrogen) atoms. The summed E-state index contributed by atoms with van der Waals surface area (Å²) in [4.78, 5) is 32.1. The molecule has 0 atom stereocenters. The molecule has 6 rings (SSSR count). The summed E-state index contributed by atoms with van der Waals surface area (Å²) >= 11 is 0. The van der Waals surface area contributed by atoms with Crippen LogP contribution in [0.1, 0.15) is 18.4 Å². The number of pyridine rings is 1. The summed E-state index contributed by atoms with van der Waals surface area (Å²) in [5, 5.41) is 16.3. The second-order valence-electron chi connectivity index (χ2n) is 8.79. The first kappa shape index (κ1) is 22.5. The van der Waals surface area contributed by atoms with Crippen LogP contribution >= 0.6 is 0 Å². The summed E-state index contributed by atoms with van der Waals surface area (Å²) in [5.74, 6) is 0.346. The van der Waals surface area contributed by atoms with Gasteiger partial charge in [0.1, 0.15) is 5.69 Å². The fraction of sp³-hybridized carbons (Fsp3) is 0.143. The number of ether oxygens (including phenoxy) is 2. The highest BCUT2D eigenvalue weighted by atomic mass is 16.7. The maximum atomic E-state index is 12.8. The van der Waals surface area contributed by atoms with Crippen LogP contribution in [-0.4, -0.2) is 27.6 Å². The molecule has 0 spiro atoms. The number of H-pyrrole nitrogens is 1. The van der Waals surface area contributed by atoms with E-state index in [1.165, 1.54) is 12.1 Å². The fourth-order valence-electron chi connectivity index (χ4n) is 4.70. The standard InChI is InChI=1S/C28H22N4O5/c33-27(30-23-14-25-26(37-16-36-25)15-24(23)32(34)35)11-5-8-19-18-7-2-4-10-21(18)31-28(19)22-13-12-17-6-1-3-9-20(17)29-22/h1-4,6-7,9-10,12-15,31H,5,8,11,16H2,(H,30,33). The van der Waals surface area contributed by atoms with Gasteiger partial charge in [-0.2, -0.15) is 0 Å². The zero-order valence-electron chi connectivity index (χ0n) is 19.7. The van der Waals surface area contributed by atoms with Gasteiger partial charge in [0.25, 0.3) is 5.69 Å². The molecule has 1 aliphatic heterocycles. The van der Waals surface area contributed by atoms with E-state index < -0.39 is 4.92 Å². The van der Waals surface area contributed by atoms with Gasteiger partial charge in [-0.05, 0) is 36.6 Å². The van der Waals surface area contributed by atoms with Gasteiger partial charge in [-0.1, -0.05) is 42.5 Å². The van der Waals surface area contributed by atoms with Crippen molar-refractivity contribution in [3.63, 3.8) is 0 Å². The largest absolute Gasteiger partial charge is 0.454 e. The number of nitro benzene ring substituents is 1. The molecule has 0 saturated carbocycles. The van der Waals surface area contributed by atoms with E-state index in [4.69, 9.17) is 14.5 Å². The molecule has 5 aromatic rings. The van der Waals surface area contributed by atoms with Crippen LogP contribution in [0.25, 0.3) is 33.2 Å². The van der Waals surface area contributed by atoms with Gasteiger partial charge in [0.2, 0.25) is 12.7 Å². The maximum absolute atomic E-state index is 12.8. The van der Waals surface area contributed by atoms with Gasteiger partial charge in [-0.3, -0.25) is 14.9 Å². The van der Waals surface area contributed by atoms with Crippen LogP contribution in [-0.2, 0) is 11.2 Å². The van der Waals surface area contributed by atoms with Crippen molar-refractivity contribution in [3.05, 3.63) is 88.5 Å².